The van der Waals surface area contributed by atoms with E-state index in [1.165, 1.54) is 10.4 Å². The Kier molecular flexibility index (Phi) is 4.61. The Morgan fingerprint density at radius 2 is 2.19 bits per heavy atom. The van der Waals surface area contributed by atoms with Crippen LogP contribution in [0.3, 0.4) is 0 Å². The first-order valence-electron chi connectivity index (χ1n) is 6.72. The minimum Gasteiger partial charge on any atom is -0.308 e. The molecule has 1 unspecified atom stereocenters. The number of hydrogen-bond donors (Lipinski definition) is 0. The zero-order chi connectivity index (χ0) is 15.6. The first-order chi connectivity index (χ1) is 9.86. The van der Waals surface area contributed by atoms with E-state index in [0.717, 1.165) is 25.0 Å². The molecule has 0 N–H and O–H groups in total. The van der Waals surface area contributed by atoms with Gasteiger partial charge in [0.1, 0.15) is 11.9 Å². The van der Waals surface area contributed by atoms with Gasteiger partial charge in [-0.15, -0.1) is 0 Å². The second kappa shape index (κ2) is 6.10. The molecule has 1 aliphatic heterocycles. The van der Waals surface area contributed by atoms with Crippen molar-refractivity contribution in [1.29, 1.82) is 5.26 Å². The van der Waals surface area contributed by atoms with E-state index in [1.54, 1.807) is 6.07 Å². The summed E-state index contributed by atoms with van der Waals surface area (Å²) in [6, 6.07) is 4.95. The van der Waals surface area contributed by atoms with Gasteiger partial charge in [0.25, 0.3) is 0 Å². The molecule has 1 saturated heterocycles. The van der Waals surface area contributed by atoms with Crippen LogP contribution in [0.1, 0.15) is 18.4 Å². The fraction of sp³-hybridized carbons (Fsp3) is 0.500. The van der Waals surface area contributed by atoms with Crippen molar-refractivity contribution >= 4 is 10.0 Å². The van der Waals surface area contributed by atoms with E-state index in [0.29, 0.717) is 13.1 Å². The molecule has 21 heavy (non-hydrogen) atoms. The summed E-state index contributed by atoms with van der Waals surface area (Å²) in [5.74, 6) is -0.706. The zero-order valence-electron chi connectivity index (χ0n) is 12.1. The van der Waals surface area contributed by atoms with E-state index in [9.17, 15) is 12.8 Å². The molecule has 0 saturated carbocycles. The third-order valence-corrected chi connectivity index (χ3v) is 5.51. The van der Waals surface area contributed by atoms with Crippen LogP contribution in [0.25, 0.3) is 0 Å². The summed E-state index contributed by atoms with van der Waals surface area (Å²) in [4.78, 5) is 1.93. The largest absolute Gasteiger partial charge is 0.308 e. The lowest BCUT2D eigenvalue weighted by atomic mass is 10.2. The maximum absolute atomic E-state index is 13.3. The molecule has 1 aliphatic rings. The highest BCUT2D eigenvalue weighted by atomic mass is 32.2. The molecule has 0 amide bonds. The molecule has 5 nitrogen and oxygen atoms in total. The summed E-state index contributed by atoms with van der Waals surface area (Å²) in [7, 11) is 0.101. The normalized spacial score (nSPS) is 19.9. The Hall–Kier alpha value is -1.49. The van der Waals surface area contributed by atoms with Crippen molar-refractivity contribution in [3.63, 3.8) is 0 Å². The lowest BCUT2D eigenvalue weighted by Crippen LogP contribution is -2.41. The Balaban J connectivity index is 2.35. The first kappa shape index (κ1) is 15.9. The van der Waals surface area contributed by atoms with Crippen LogP contribution in [-0.2, 0) is 10.0 Å². The molecule has 0 aromatic heterocycles. The van der Waals surface area contributed by atoms with E-state index >= 15 is 0 Å². The standard InChI is InChI=1S/C14H18FN3O2S/c1-17(2)10-12-4-3-7-18(12)21(19,20)13-5-6-14(15)11(8-13)9-16/h5-6,8,12H,3-4,7,10H2,1-2H3. The van der Waals surface area contributed by atoms with E-state index in [4.69, 9.17) is 5.26 Å². The predicted octanol–water partition coefficient (Wildman–Crippen LogP) is 1.41. The summed E-state index contributed by atoms with van der Waals surface area (Å²) in [5.41, 5.74) is -0.251. The van der Waals surface area contributed by atoms with Crippen LogP contribution >= 0.6 is 0 Å². The predicted molar refractivity (Wildman–Crippen MR) is 76.6 cm³/mol. The molecule has 0 radical (unpaired) electrons. The molecule has 1 fully saturated rings. The lowest BCUT2D eigenvalue weighted by Gasteiger charge is -2.26. The van der Waals surface area contributed by atoms with Gasteiger partial charge in [-0.05, 0) is 45.1 Å². The van der Waals surface area contributed by atoms with Crippen molar-refractivity contribution in [2.75, 3.05) is 27.2 Å². The lowest BCUT2D eigenvalue weighted by molar-refractivity contribution is 0.291. The second-order valence-electron chi connectivity index (χ2n) is 5.43. The fourth-order valence-corrected chi connectivity index (χ4v) is 4.33. The van der Waals surface area contributed by atoms with Crippen molar-refractivity contribution in [2.45, 2.75) is 23.8 Å². The van der Waals surface area contributed by atoms with Gasteiger partial charge in [-0.3, -0.25) is 0 Å². The van der Waals surface area contributed by atoms with Crippen molar-refractivity contribution in [3.05, 3.63) is 29.6 Å². The Morgan fingerprint density at radius 3 is 2.81 bits per heavy atom. The smallest absolute Gasteiger partial charge is 0.243 e. The number of benzene rings is 1. The Morgan fingerprint density at radius 1 is 1.48 bits per heavy atom. The van der Waals surface area contributed by atoms with Crippen molar-refractivity contribution in [3.8, 4) is 6.07 Å². The second-order valence-corrected chi connectivity index (χ2v) is 7.32. The fourth-order valence-electron chi connectivity index (χ4n) is 2.62. The van der Waals surface area contributed by atoms with Gasteiger partial charge >= 0.3 is 0 Å². The van der Waals surface area contributed by atoms with Gasteiger partial charge < -0.3 is 4.90 Å². The molecular formula is C14H18FN3O2S. The minimum absolute atomic E-state index is 0.0221. The maximum Gasteiger partial charge on any atom is 0.243 e. The van der Waals surface area contributed by atoms with Gasteiger partial charge in [0.2, 0.25) is 10.0 Å². The van der Waals surface area contributed by atoms with Gasteiger partial charge in [-0.2, -0.15) is 9.57 Å². The Bertz CT molecular complexity index is 667. The van der Waals surface area contributed by atoms with Crippen molar-refractivity contribution in [2.24, 2.45) is 0 Å². The van der Waals surface area contributed by atoms with Gasteiger partial charge in [-0.25, -0.2) is 12.8 Å². The van der Waals surface area contributed by atoms with Crippen LogP contribution in [0.2, 0.25) is 0 Å². The molecular weight excluding hydrogens is 293 g/mol. The average Bonchev–Trinajstić information content (AvgIpc) is 2.87. The number of hydrogen-bond acceptors (Lipinski definition) is 4. The van der Waals surface area contributed by atoms with E-state index in [-0.39, 0.29) is 16.5 Å². The molecule has 2 rings (SSSR count). The number of halogens is 1. The number of sulfonamides is 1. The topological polar surface area (TPSA) is 64.4 Å². The minimum atomic E-state index is -3.69. The van der Waals surface area contributed by atoms with Gasteiger partial charge in [0.15, 0.2) is 0 Å². The highest BCUT2D eigenvalue weighted by molar-refractivity contribution is 7.89. The number of nitrogens with zero attached hydrogens (tertiary/aromatic N) is 3. The number of rotatable bonds is 4. The first-order valence-corrected chi connectivity index (χ1v) is 8.16. The van der Waals surface area contributed by atoms with Crippen molar-refractivity contribution < 1.29 is 12.8 Å². The molecule has 0 bridgehead atoms. The van der Waals surface area contributed by atoms with Crippen LogP contribution < -0.4 is 0 Å². The van der Waals surface area contributed by atoms with Gasteiger partial charge in [-0.1, -0.05) is 0 Å². The summed E-state index contributed by atoms with van der Waals surface area (Å²) in [6.07, 6.45) is 1.62. The van der Waals surface area contributed by atoms with Crippen LogP contribution in [0.15, 0.2) is 23.1 Å². The third-order valence-electron chi connectivity index (χ3n) is 3.56. The summed E-state index contributed by atoms with van der Waals surface area (Å²) < 4.78 is 40.2. The third kappa shape index (κ3) is 3.23. The summed E-state index contributed by atoms with van der Waals surface area (Å²) >= 11 is 0. The maximum atomic E-state index is 13.3. The van der Waals surface area contributed by atoms with E-state index in [2.05, 4.69) is 0 Å². The van der Waals surface area contributed by atoms with E-state index < -0.39 is 15.8 Å². The molecule has 1 aromatic carbocycles. The highest BCUT2D eigenvalue weighted by Crippen LogP contribution is 2.27. The highest BCUT2D eigenvalue weighted by Gasteiger charge is 2.35. The molecule has 0 spiro atoms. The van der Waals surface area contributed by atoms with Gasteiger partial charge in [0.05, 0.1) is 10.5 Å². The average molecular weight is 311 g/mol. The van der Waals surface area contributed by atoms with Crippen molar-refractivity contribution in [1.82, 2.24) is 9.21 Å². The quantitative estimate of drug-likeness (QED) is 0.843. The molecule has 1 heterocycles. The zero-order valence-corrected chi connectivity index (χ0v) is 12.9. The Labute approximate surface area is 124 Å². The molecule has 0 aliphatic carbocycles. The van der Waals surface area contributed by atoms with Gasteiger partial charge in [0, 0.05) is 19.1 Å². The molecule has 7 heteroatoms. The summed E-state index contributed by atoms with van der Waals surface area (Å²) in [6.45, 7) is 1.10. The van der Waals surface area contributed by atoms with Crippen LogP contribution in [0.5, 0.6) is 0 Å². The monoisotopic (exact) mass is 311 g/mol. The molecule has 1 atom stereocenters. The number of nitriles is 1. The molecule has 114 valence electrons. The van der Waals surface area contributed by atoms with E-state index in [1.807, 2.05) is 19.0 Å². The number of likely N-dealkylation sites (N-methyl/N-ethyl adjacent to an activating group) is 1. The molecule has 1 aromatic rings. The summed E-state index contributed by atoms with van der Waals surface area (Å²) in [5, 5.41) is 8.84. The van der Waals surface area contributed by atoms with Crippen LogP contribution in [0.4, 0.5) is 4.39 Å². The van der Waals surface area contributed by atoms with Crippen LogP contribution in [0, 0.1) is 17.1 Å². The van der Waals surface area contributed by atoms with Crippen LogP contribution in [-0.4, -0.2) is 50.8 Å². The SMILES string of the molecule is CN(C)CC1CCCN1S(=O)(=O)c1ccc(F)c(C#N)c1.